The molecule has 0 atom stereocenters. The summed E-state index contributed by atoms with van der Waals surface area (Å²) < 4.78 is 4.87. The van der Waals surface area contributed by atoms with Crippen molar-refractivity contribution in [2.45, 2.75) is 0 Å². The highest BCUT2D eigenvalue weighted by Crippen LogP contribution is 2.42. The van der Waals surface area contributed by atoms with E-state index in [0.29, 0.717) is 5.82 Å². The van der Waals surface area contributed by atoms with E-state index in [1.165, 1.54) is 54.4 Å². The highest BCUT2D eigenvalue weighted by Gasteiger charge is 2.21. The number of aromatic nitrogens is 4. The third kappa shape index (κ3) is 4.78. The highest BCUT2D eigenvalue weighted by molar-refractivity contribution is 6.26. The van der Waals surface area contributed by atoms with Crippen molar-refractivity contribution >= 4 is 54.4 Å². The summed E-state index contributed by atoms with van der Waals surface area (Å²) in [5, 5.41) is 7.41. The van der Waals surface area contributed by atoms with Gasteiger partial charge in [0.1, 0.15) is 0 Å². The van der Waals surface area contributed by atoms with Gasteiger partial charge in [-0.05, 0) is 59.3 Å². The van der Waals surface area contributed by atoms with E-state index in [-0.39, 0.29) is 0 Å². The van der Waals surface area contributed by atoms with Gasteiger partial charge in [-0.25, -0.2) is 9.97 Å². The molecule has 0 radical (unpaired) electrons. The summed E-state index contributed by atoms with van der Waals surface area (Å²) in [5.74, 6) is 0.712. The number of para-hydroxylation sites is 2. The fourth-order valence-electron chi connectivity index (χ4n) is 8.22. The van der Waals surface area contributed by atoms with Gasteiger partial charge < -0.3 is 9.13 Å². The highest BCUT2D eigenvalue weighted by atomic mass is 15.0. The van der Waals surface area contributed by atoms with Crippen LogP contribution in [0.3, 0.4) is 0 Å². The fourth-order valence-corrected chi connectivity index (χ4v) is 8.22. The van der Waals surface area contributed by atoms with Crippen molar-refractivity contribution in [3.05, 3.63) is 194 Å². The number of rotatable bonds is 5. The van der Waals surface area contributed by atoms with Crippen LogP contribution < -0.4 is 0 Å². The molecule has 11 rings (SSSR count). The SMILES string of the molecule is c1ccc(-c2cc(-c3ccc(-n4c5ccccc5c5ccc6c(c7ccccc7n6-c6ccc7ccccc7c6)c54)cc3)nc(-c3ccccc3)n2)cc1. The molecule has 0 amide bonds. The van der Waals surface area contributed by atoms with Gasteiger partial charge in [-0.15, -0.1) is 0 Å². The number of hydrogen-bond acceptors (Lipinski definition) is 2. The third-order valence-corrected chi connectivity index (χ3v) is 10.7. The minimum absolute atomic E-state index is 0.712. The number of hydrogen-bond donors (Lipinski definition) is 0. The summed E-state index contributed by atoms with van der Waals surface area (Å²) in [4.78, 5) is 10.1. The predicted octanol–water partition coefficient (Wildman–Crippen LogP) is 12.8. The summed E-state index contributed by atoms with van der Waals surface area (Å²) in [7, 11) is 0. The van der Waals surface area contributed by atoms with Crippen LogP contribution in [0.25, 0.3) is 99.7 Å². The Morgan fingerprint density at radius 1 is 0.333 bits per heavy atom. The van der Waals surface area contributed by atoms with Gasteiger partial charge in [-0.2, -0.15) is 0 Å². The summed E-state index contributed by atoms with van der Waals surface area (Å²) in [5.41, 5.74) is 11.9. The van der Waals surface area contributed by atoms with Crippen molar-refractivity contribution in [1.29, 1.82) is 0 Å². The molecule has 4 heteroatoms. The first-order valence-corrected chi connectivity index (χ1v) is 18.3. The molecule has 11 aromatic rings. The normalized spacial score (nSPS) is 11.7. The van der Waals surface area contributed by atoms with Crippen molar-refractivity contribution in [2.24, 2.45) is 0 Å². The first-order valence-electron chi connectivity index (χ1n) is 18.3. The van der Waals surface area contributed by atoms with E-state index in [1.54, 1.807) is 0 Å². The van der Waals surface area contributed by atoms with E-state index < -0.39 is 0 Å². The van der Waals surface area contributed by atoms with Crippen molar-refractivity contribution in [1.82, 2.24) is 19.1 Å². The minimum Gasteiger partial charge on any atom is -0.309 e. The Morgan fingerprint density at radius 3 is 1.65 bits per heavy atom. The fraction of sp³-hybridized carbons (Fsp3) is 0. The van der Waals surface area contributed by atoms with E-state index in [1.807, 2.05) is 24.3 Å². The second-order valence-corrected chi connectivity index (χ2v) is 13.8. The molecule has 0 aliphatic heterocycles. The Bertz CT molecular complexity index is 3130. The van der Waals surface area contributed by atoms with Gasteiger partial charge in [0.2, 0.25) is 0 Å². The van der Waals surface area contributed by atoms with Crippen LogP contribution in [-0.2, 0) is 0 Å². The molecule has 0 aliphatic carbocycles. The quantitative estimate of drug-likeness (QED) is 0.180. The van der Waals surface area contributed by atoms with Crippen LogP contribution in [0, 0.1) is 0 Å². The van der Waals surface area contributed by atoms with E-state index in [4.69, 9.17) is 9.97 Å². The minimum atomic E-state index is 0.712. The lowest BCUT2D eigenvalue weighted by atomic mass is 10.1. The van der Waals surface area contributed by atoms with E-state index in [2.05, 4.69) is 179 Å². The summed E-state index contributed by atoms with van der Waals surface area (Å²) in [6.07, 6.45) is 0. The Balaban J connectivity index is 1.13. The first kappa shape index (κ1) is 30.3. The summed E-state index contributed by atoms with van der Waals surface area (Å²) in [6.45, 7) is 0. The average Bonchev–Trinajstić information content (AvgIpc) is 3.77. The molecule has 0 saturated heterocycles. The molecule has 54 heavy (non-hydrogen) atoms. The van der Waals surface area contributed by atoms with Crippen LogP contribution in [-0.4, -0.2) is 19.1 Å². The van der Waals surface area contributed by atoms with Crippen LogP contribution in [0.1, 0.15) is 0 Å². The molecule has 252 valence electrons. The van der Waals surface area contributed by atoms with E-state index in [9.17, 15) is 0 Å². The lowest BCUT2D eigenvalue weighted by molar-refractivity contribution is 1.17. The Labute approximate surface area is 311 Å². The van der Waals surface area contributed by atoms with Gasteiger partial charge in [-0.3, -0.25) is 0 Å². The molecule has 0 spiro atoms. The second kappa shape index (κ2) is 12.1. The smallest absolute Gasteiger partial charge is 0.160 e. The molecule has 0 unspecified atom stereocenters. The molecule has 0 N–H and O–H groups in total. The zero-order valence-corrected chi connectivity index (χ0v) is 29.3. The molecule has 3 heterocycles. The third-order valence-electron chi connectivity index (χ3n) is 10.7. The van der Waals surface area contributed by atoms with Crippen LogP contribution in [0.5, 0.6) is 0 Å². The molecule has 0 aliphatic rings. The zero-order valence-electron chi connectivity index (χ0n) is 29.3. The maximum atomic E-state index is 5.10. The lowest BCUT2D eigenvalue weighted by Gasteiger charge is -2.12. The van der Waals surface area contributed by atoms with Crippen LogP contribution in [0.15, 0.2) is 194 Å². The van der Waals surface area contributed by atoms with E-state index >= 15 is 0 Å². The standard InChI is InChI=1S/C50H32N4/c1-3-14-34(15-4-1)43-32-44(52-50(51-43)36-16-5-2-6-17-36)35-24-26-38(27-25-35)54-45-21-11-9-19-40(45)41-29-30-47-48(49(41)54)42-20-10-12-22-46(42)53(47)39-28-23-33-13-7-8-18-37(33)31-39/h1-32H. The van der Waals surface area contributed by atoms with Gasteiger partial charge in [0, 0.05) is 49.6 Å². The van der Waals surface area contributed by atoms with Crippen molar-refractivity contribution < 1.29 is 0 Å². The van der Waals surface area contributed by atoms with Crippen molar-refractivity contribution in [3.63, 3.8) is 0 Å². The van der Waals surface area contributed by atoms with Crippen molar-refractivity contribution in [3.8, 4) is 45.3 Å². The van der Waals surface area contributed by atoms with Crippen LogP contribution >= 0.6 is 0 Å². The molecule has 3 aromatic heterocycles. The second-order valence-electron chi connectivity index (χ2n) is 13.8. The Morgan fingerprint density at radius 2 is 0.907 bits per heavy atom. The van der Waals surface area contributed by atoms with Gasteiger partial charge in [-0.1, -0.05) is 146 Å². The molecule has 4 nitrogen and oxygen atoms in total. The maximum Gasteiger partial charge on any atom is 0.160 e. The Kier molecular flexibility index (Phi) is 6.82. The topological polar surface area (TPSA) is 35.6 Å². The van der Waals surface area contributed by atoms with Gasteiger partial charge in [0.25, 0.3) is 0 Å². The number of benzene rings is 8. The van der Waals surface area contributed by atoms with Gasteiger partial charge in [0.15, 0.2) is 5.82 Å². The molecule has 0 fully saturated rings. The molecular weight excluding hydrogens is 657 g/mol. The van der Waals surface area contributed by atoms with Crippen LogP contribution in [0.2, 0.25) is 0 Å². The monoisotopic (exact) mass is 688 g/mol. The van der Waals surface area contributed by atoms with Crippen molar-refractivity contribution in [2.75, 3.05) is 0 Å². The first-order chi connectivity index (χ1) is 26.8. The maximum absolute atomic E-state index is 5.10. The average molecular weight is 689 g/mol. The molecule has 0 saturated carbocycles. The Hall–Kier alpha value is -7.30. The number of nitrogens with zero attached hydrogens (tertiary/aromatic N) is 4. The predicted molar refractivity (Wildman–Crippen MR) is 225 cm³/mol. The van der Waals surface area contributed by atoms with Gasteiger partial charge in [0.05, 0.1) is 33.5 Å². The van der Waals surface area contributed by atoms with E-state index in [0.717, 1.165) is 39.5 Å². The lowest BCUT2D eigenvalue weighted by Crippen LogP contribution is -1.97. The van der Waals surface area contributed by atoms with Crippen LogP contribution in [0.4, 0.5) is 0 Å². The zero-order chi connectivity index (χ0) is 35.6. The molecule has 0 bridgehead atoms. The van der Waals surface area contributed by atoms with Gasteiger partial charge >= 0.3 is 0 Å². The number of fused-ring (bicyclic) bond motifs is 8. The summed E-state index contributed by atoms with van der Waals surface area (Å²) >= 11 is 0. The summed E-state index contributed by atoms with van der Waals surface area (Å²) in [6, 6.07) is 69.0. The molecular formula is C50H32N4. The molecule has 8 aromatic carbocycles. The largest absolute Gasteiger partial charge is 0.309 e.